The molecular weight excluding hydrogens is 191 g/mol. The fourth-order valence-electron chi connectivity index (χ4n) is 1.41. The van der Waals surface area contributed by atoms with E-state index < -0.39 is 0 Å². The van der Waals surface area contributed by atoms with Crippen LogP contribution in [0, 0.1) is 12.7 Å². The van der Waals surface area contributed by atoms with Crippen LogP contribution in [0.2, 0.25) is 0 Å². The first-order chi connectivity index (χ1) is 7.18. The van der Waals surface area contributed by atoms with Crippen LogP contribution < -0.4 is 5.73 Å². The summed E-state index contributed by atoms with van der Waals surface area (Å²) in [5.41, 5.74) is 8.10. The Labute approximate surface area is 87.6 Å². The zero-order chi connectivity index (χ0) is 10.8. The van der Waals surface area contributed by atoms with E-state index >= 15 is 0 Å². The number of nitrogens with zero attached hydrogens (tertiary/aromatic N) is 1. The van der Waals surface area contributed by atoms with Gasteiger partial charge in [0.05, 0.1) is 5.69 Å². The number of hydrogen-bond donors (Lipinski definition) is 1. The highest BCUT2D eigenvalue weighted by Crippen LogP contribution is 2.25. The largest absolute Gasteiger partial charge is 0.398 e. The van der Waals surface area contributed by atoms with Gasteiger partial charge in [0.1, 0.15) is 5.82 Å². The zero-order valence-electron chi connectivity index (χ0n) is 8.37. The van der Waals surface area contributed by atoms with Crippen LogP contribution in [0.4, 0.5) is 10.1 Å². The van der Waals surface area contributed by atoms with Crippen molar-refractivity contribution >= 4 is 5.69 Å². The van der Waals surface area contributed by atoms with Crippen LogP contribution in [0.5, 0.6) is 0 Å². The molecule has 2 aromatic rings. The lowest BCUT2D eigenvalue weighted by molar-refractivity contribution is 0.630. The highest BCUT2D eigenvalue weighted by atomic mass is 19.1. The first kappa shape index (κ1) is 9.65. The van der Waals surface area contributed by atoms with E-state index in [-0.39, 0.29) is 5.82 Å². The average molecular weight is 202 g/mol. The summed E-state index contributed by atoms with van der Waals surface area (Å²) in [6.07, 6.45) is 1.63. The third-order valence-corrected chi connectivity index (χ3v) is 2.30. The van der Waals surface area contributed by atoms with Crippen molar-refractivity contribution in [1.29, 1.82) is 0 Å². The van der Waals surface area contributed by atoms with Crippen molar-refractivity contribution in [2.75, 3.05) is 5.73 Å². The van der Waals surface area contributed by atoms with E-state index in [1.807, 2.05) is 6.07 Å². The number of hydrogen-bond acceptors (Lipinski definition) is 2. The van der Waals surface area contributed by atoms with Crippen LogP contribution in [0.1, 0.15) is 5.56 Å². The van der Waals surface area contributed by atoms with Crippen LogP contribution >= 0.6 is 0 Å². The summed E-state index contributed by atoms with van der Waals surface area (Å²) < 4.78 is 13.6. The molecule has 0 spiro atoms. The van der Waals surface area contributed by atoms with Gasteiger partial charge in [0, 0.05) is 17.4 Å². The molecule has 2 N–H and O–H groups in total. The molecule has 76 valence electrons. The molecule has 0 radical (unpaired) electrons. The molecular formula is C12H11FN2. The Kier molecular flexibility index (Phi) is 2.37. The summed E-state index contributed by atoms with van der Waals surface area (Å²) in [6, 6.07) is 8.41. The van der Waals surface area contributed by atoms with Crippen molar-refractivity contribution < 1.29 is 4.39 Å². The summed E-state index contributed by atoms with van der Waals surface area (Å²) in [5, 5.41) is 0. The van der Waals surface area contributed by atoms with E-state index in [4.69, 9.17) is 5.73 Å². The molecule has 2 nitrogen and oxygen atoms in total. The van der Waals surface area contributed by atoms with Gasteiger partial charge in [-0.3, -0.25) is 4.98 Å². The van der Waals surface area contributed by atoms with Crippen LogP contribution in [0.25, 0.3) is 11.3 Å². The Bertz CT molecular complexity index is 480. The van der Waals surface area contributed by atoms with Gasteiger partial charge in [-0.2, -0.15) is 0 Å². The summed E-state index contributed by atoms with van der Waals surface area (Å²) >= 11 is 0. The number of aryl methyl sites for hydroxylation is 1. The lowest BCUT2D eigenvalue weighted by Gasteiger charge is -2.06. The van der Waals surface area contributed by atoms with Crippen LogP contribution in [-0.4, -0.2) is 4.98 Å². The minimum atomic E-state index is -0.291. The van der Waals surface area contributed by atoms with Crippen molar-refractivity contribution in [3.63, 3.8) is 0 Å². The van der Waals surface area contributed by atoms with Crippen LogP contribution in [0.15, 0.2) is 36.5 Å². The number of anilines is 1. The highest BCUT2D eigenvalue weighted by molar-refractivity contribution is 5.66. The maximum absolute atomic E-state index is 13.6. The Morgan fingerprint density at radius 1 is 1.27 bits per heavy atom. The highest BCUT2D eigenvalue weighted by Gasteiger charge is 2.08. The first-order valence-corrected chi connectivity index (χ1v) is 4.65. The summed E-state index contributed by atoms with van der Waals surface area (Å²) in [6.45, 7) is 1.78. The van der Waals surface area contributed by atoms with Gasteiger partial charge in [0.2, 0.25) is 0 Å². The smallest absolute Gasteiger partial charge is 0.133 e. The molecule has 15 heavy (non-hydrogen) atoms. The summed E-state index contributed by atoms with van der Waals surface area (Å²) in [4.78, 5) is 4.09. The standard InChI is InChI=1S/C12H11FN2/c1-8-6-10(13)9(7-11(8)14)12-4-2-3-5-15-12/h2-7H,14H2,1H3. The van der Waals surface area contributed by atoms with Crippen molar-refractivity contribution in [3.05, 3.63) is 47.9 Å². The van der Waals surface area contributed by atoms with E-state index in [2.05, 4.69) is 4.98 Å². The van der Waals surface area contributed by atoms with Gasteiger partial charge < -0.3 is 5.73 Å². The Balaban J connectivity index is 2.59. The predicted octanol–water partition coefficient (Wildman–Crippen LogP) is 2.78. The Morgan fingerprint density at radius 3 is 2.73 bits per heavy atom. The Morgan fingerprint density at radius 2 is 2.07 bits per heavy atom. The number of nitrogen functional groups attached to an aromatic ring is 1. The lowest BCUT2D eigenvalue weighted by atomic mass is 10.1. The van der Waals surface area contributed by atoms with Crippen LogP contribution in [0.3, 0.4) is 0 Å². The molecule has 2 rings (SSSR count). The predicted molar refractivity (Wildman–Crippen MR) is 58.8 cm³/mol. The number of nitrogens with two attached hydrogens (primary N) is 1. The normalized spacial score (nSPS) is 10.3. The molecule has 1 heterocycles. The van der Waals surface area contributed by atoms with E-state index in [0.29, 0.717) is 16.9 Å². The third kappa shape index (κ3) is 1.81. The number of pyridine rings is 1. The molecule has 1 aromatic carbocycles. The second-order valence-corrected chi connectivity index (χ2v) is 3.40. The first-order valence-electron chi connectivity index (χ1n) is 4.65. The van der Waals surface area contributed by atoms with Gasteiger partial charge >= 0.3 is 0 Å². The molecule has 0 atom stereocenters. The van der Waals surface area contributed by atoms with Gasteiger partial charge in [0.25, 0.3) is 0 Å². The number of benzene rings is 1. The fourth-order valence-corrected chi connectivity index (χ4v) is 1.41. The summed E-state index contributed by atoms with van der Waals surface area (Å²) in [5.74, 6) is -0.291. The van der Waals surface area contributed by atoms with E-state index in [0.717, 1.165) is 5.56 Å². The third-order valence-electron chi connectivity index (χ3n) is 2.30. The molecule has 1 aromatic heterocycles. The molecule has 0 unspecified atom stereocenters. The van der Waals surface area contributed by atoms with E-state index in [9.17, 15) is 4.39 Å². The minimum Gasteiger partial charge on any atom is -0.398 e. The molecule has 0 amide bonds. The monoisotopic (exact) mass is 202 g/mol. The van der Waals surface area contributed by atoms with Gasteiger partial charge in [0.15, 0.2) is 0 Å². The molecule has 0 saturated carbocycles. The van der Waals surface area contributed by atoms with Crippen molar-refractivity contribution in [3.8, 4) is 11.3 Å². The minimum absolute atomic E-state index is 0.291. The zero-order valence-corrected chi connectivity index (χ0v) is 8.37. The number of halogens is 1. The molecule has 0 fully saturated rings. The maximum atomic E-state index is 13.6. The van der Waals surface area contributed by atoms with Crippen molar-refractivity contribution in [2.45, 2.75) is 6.92 Å². The number of aromatic nitrogens is 1. The van der Waals surface area contributed by atoms with Crippen molar-refractivity contribution in [1.82, 2.24) is 4.98 Å². The molecule has 0 aliphatic rings. The number of rotatable bonds is 1. The second kappa shape index (κ2) is 3.69. The van der Waals surface area contributed by atoms with Gasteiger partial charge in [-0.1, -0.05) is 6.07 Å². The summed E-state index contributed by atoms with van der Waals surface area (Å²) in [7, 11) is 0. The molecule has 3 heteroatoms. The maximum Gasteiger partial charge on any atom is 0.133 e. The van der Waals surface area contributed by atoms with E-state index in [1.165, 1.54) is 6.07 Å². The van der Waals surface area contributed by atoms with E-state index in [1.54, 1.807) is 31.3 Å². The molecule has 0 saturated heterocycles. The lowest BCUT2D eigenvalue weighted by Crippen LogP contribution is -1.94. The van der Waals surface area contributed by atoms with Crippen molar-refractivity contribution in [2.24, 2.45) is 0 Å². The van der Waals surface area contributed by atoms with Gasteiger partial charge in [-0.15, -0.1) is 0 Å². The van der Waals surface area contributed by atoms with Crippen LogP contribution in [-0.2, 0) is 0 Å². The molecule has 0 aliphatic carbocycles. The quantitative estimate of drug-likeness (QED) is 0.722. The molecule has 0 bridgehead atoms. The fraction of sp³-hybridized carbons (Fsp3) is 0.0833. The van der Waals surface area contributed by atoms with Gasteiger partial charge in [-0.25, -0.2) is 4.39 Å². The van der Waals surface area contributed by atoms with Gasteiger partial charge in [-0.05, 0) is 36.8 Å². The Hall–Kier alpha value is -1.90. The SMILES string of the molecule is Cc1cc(F)c(-c2ccccn2)cc1N. The average Bonchev–Trinajstić information content (AvgIpc) is 2.25. The topological polar surface area (TPSA) is 38.9 Å². The second-order valence-electron chi connectivity index (χ2n) is 3.40. The molecule has 0 aliphatic heterocycles.